The summed E-state index contributed by atoms with van der Waals surface area (Å²) in [5, 5.41) is 3.53. The molecule has 0 spiro atoms. The number of hydrazine groups is 1. The molecule has 0 aliphatic carbocycles. The van der Waals surface area contributed by atoms with Gasteiger partial charge in [0, 0.05) is 6.07 Å². The highest BCUT2D eigenvalue weighted by Gasteiger charge is 2.14. The van der Waals surface area contributed by atoms with Crippen LogP contribution in [-0.4, -0.2) is 17.0 Å². The Balaban J connectivity index is 1.98. The first-order chi connectivity index (χ1) is 9.08. The molecule has 0 aliphatic heterocycles. The number of amides is 2. The van der Waals surface area contributed by atoms with E-state index in [0.717, 1.165) is 6.07 Å². The van der Waals surface area contributed by atoms with Crippen molar-refractivity contribution < 1.29 is 18.5 Å². The molecule has 1 heterocycles. The summed E-state index contributed by atoms with van der Waals surface area (Å²) < 4.78 is 18.0. The minimum absolute atomic E-state index is 0.0497. The van der Waals surface area contributed by atoms with Crippen LogP contribution in [0.5, 0.6) is 0 Å². The highest BCUT2D eigenvalue weighted by atomic mass is 19.1. The van der Waals surface area contributed by atoms with E-state index in [-0.39, 0.29) is 11.3 Å². The number of hydrogen-bond donors (Lipinski definition) is 2. The second-order valence-electron chi connectivity index (χ2n) is 3.72. The molecule has 1 aromatic heterocycles. The van der Waals surface area contributed by atoms with Crippen LogP contribution in [0.25, 0.3) is 0 Å². The Bertz CT molecular complexity index is 624. The molecule has 7 heteroatoms. The number of benzene rings is 1. The Morgan fingerprint density at radius 1 is 1.21 bits per heavy atom. The first-order valence-corrected chi connectivity index (χ1v) is 5.36. The van der Waals surface area contributed by atoms with Crippen LogP contribution in [0.2, 0.25) is 0 Å². The lowest BCUT2D eigenvalue weighted by atomic mass is 10.2. The second-order valence-corrected chi connectivity index (χ2v) is 3.72. The molecule has 2 aromatic rings. The largest absolute Gasteiger partial charge is 0.351 e. The first kappa shape index (κ1) is 12.7. The topological polar surface area (TPSA) is 84.2 Å². The maximum atomic E-state index is 13.3. The normalized spacial score (nSPS) is 10.0. The van der Waals surface area contributed by atoms with Crippen molar-refractivity contribution in [1.82, 2.24) is 16.0 Å². The summed E-state index contributed by atoms with van der Waals surface area (Å²) in [5.74, 6) is -2.16. The molecule has 19 heavy (non-hydrogen) atoms. The number of carbonyl (C=O) groups excluding carboxylic acids is 2. The predicted octanol–water partition coefficient (Wildman–Crippen LogP) is 1.20. The third kappa shape index (κ3) is 2.95. The van der Waals surface area contributed by atoms with E-state index in [1.54, 1.807) is 6.92 Å². The van der Waals surface area contributed by atoms with Gasteiger partial charge in [-0.25, -0.2) is 4.39 Å². The number of aromatic nitrogens is 1. The lowest BCUT2D eigenvalue weighted by molar-refractivity contribution is 0.0823. The van der Waals surface area contributed by atoms with Crippen LogP contribution in [0.4, 0.5) is 4.39 Å². The molecule has 98 valence electrons. The predicted molar refractivity (Wildman–Crippen MR) is 62.6 cm³/mol. The van der Waals surface area contributed by atoms with Crippen molar-refractivity contribution in [2.24, 2.45) is 0 Å². The average molecular weight is 263 g/mol. The smallest absolute Gasteiger partial charge is 0.308 e. The van der Waals surface area contributed by atoms with E-state index >= 15 is 0 Å². The quantitative estimate of drug-likeness (QED) is 0.797. The number of rotatable bonds is 2. The van der Waals surface area contributed by atoms with Crippen molar-refractivity contribution in [2.45, 2.75) is 6.92 Å². The van der Waals surface area contributed by atoms with E-state index in [1.165, 1.54) is 24.3 Å². The molecule has 2 rings (SSSR count). The lowest BCUT2D eigenvalue weighted by Crippen LogP contribution is -2.41. The summed E-state index contributed by atoms with van der Waals surface area (Å²) in [6.07, 6.45) is 0. The summed E-state index contributed by atoms with van der Waals surface area (Å²) in [7, 11) is 0. The Hall–Kier alpha value is -2.70. The fraction of sp³-hybridized carbons (Fsp3) is 0.0833. The highest BCUT2D eigenvalue weighted by molar-refractivity contribution is 5.98. The monoisotopic (exact) mass is 263 g/mol. The van der Waals surface area contributed by atoms with Gasteiger partial charge in [-0.15, -0.1) is 0 Å². The van der Waals surface area contributed by atoms with E-state index in [9.17, 15) is 14.0 Å². The van der Waals surface area contributed by atoms with E-state index < -0.39 is 17.6 Å². The van der Waals surface area contributed by atoms with Crippen LogP contribution in [0.1, 0.15) is 26.6 Å². The van der Waals surface area contributed by atoms with Gasteiger partial charge in [-0.1, -0.05) is 17.3 Å². The third-order valence-corrected chi connectivity index (χ3v) is 2.26. The van der Waals surface area contributed by atoms with Gasteiger partial charge in [0.1, 0.15) is 5.82 Å². The molecular formula is C12H10FN3O3. The molecule has 0 atom stereocenters. The molecule has 0 aliphatic rings. The van der Waals surface area contributed by atoms with E-state index in [1.807, 2.05) is 0 Å². The van der Waals surface area contributed by atoms with Gasteiger partial charge < -0.3 is 4.52 Å². The Kier molecular flexibility index (Phi) is 3.56. The molecule has 6 nitrogen and oxygen atoms in total. The summed E-state index contributed by atoms with van der Waals surface area (Å²) in [6.45, 7) is 1.65. The molecule has 1 aromatic carbocycles. The van der Waals surface area contributed by atoms with Crippen LogP contribution in [0.3, 0.4) is 0 Å². The summed E-state index contributed by atoms with van der Waals surface area (Å²) in [5.41, 5.74) is 4.54. The maximum absolute atomic E-state index is 13.3. The molecule has 0 saturated heterocycles. The molecule has 0 fully saturated rings. The molecule has 2 N–H and O–H groups in total. The first-order valence-electron chi connectivity index (χ1n) is 5.36. The molecule has 0 unspecified atom stereocenters. The fourth-order valence-electron chi connectivity index (χ4n) is 1.36. The van der Waals surface area contributed by atoms with Gasteiger partial charge in [0.15, 0.2) is 0 Å². The van der Waals surface area contributed by atoms with Gasteiger partial charge in [-0.3, -0.25) is 20.4 Å². The van der Waals surface area contributed by atoms with Gasteiger partial charge in [0.05, 0.1) is 11.3 Å². The Labute approximate surface area is 107 Å². The van der Waals surface area contributed by atoms with Gasteiger partial charge in [0.2, 0.25) is 5.76 Å². The number of hydrogen-bond acceptors (Lipinski definition) is 4. The zero-order valence-corrected chi connectivity index (χ0v) is 9.94. The molecule has 2 amide bonds. The number of carbonyl (C=O) groups is 2. The zero-order chi connectivity index (χ0) is 13.8. The number of halogens is 1. The minimum Gasteiger partial charge on any atom is -0.351 e. The Morgan fingerprint density at radius 3 is 2.53 bits per heavy atom. The zero-order valence-electron chi connectivity index (χ0n) is 9.94. The number of aryl methyl sites for hydroxylation is 1. The number of nitrogens with one attached hydrogen (secondary N) is 2. The van der Waals surface area contributed by atoms with E-state index in [0.29, 0.717) is 5.69 Å². The molecule has 0 radical (unpaired) electrons. The third-order valence-electron chi connectivity index (χ3n) is 2.26. The average Bonchev–Trinajstić information content (AvgIpc) is 2.83. The fourth-order valence-corrected chi connectivity index (χ4v) is 1.36. The summed E-state index contributed by atoms with van der Waals surface area (Å²) >= 11 is 0. The number of nitrogens with zero attached hydrogens (tertiary/aromatic N) is 1. The standard InChI is InChI=1S/C12H10FN3O3/c1-7-6-10(19-16-7)12(18)15-14-11(17)8-4-2-3-5-9(8)13/h2-6H,1H3,(H,14,17)(H,15,18). The van der Waals surface area contributed by atoms with Crippen molar-refractivity contribution >= 4 is 11.8 Å². The minimum atomic E-state index is -0.761. The van der Waals surface area contributed by atoms with Gasteiger partial charge in [-0.2, -0.15) is 0 Å². The van der Waals surface area contributed by atoms with Crippen molar-refractivity contribution in [3.8, 4) is 0 Å². The Morgan fingerprint density at radius 2 is 1.89 bits per heavy atom. The van der Waals surface area contributed by atoms with E-state index in [4.69, 9.17) is 4.52 Å². The van der Waals surface area contributed by atoms with Gasteiger partial charge in [0.25, 0.3) is 5.91 Å². The van der Waals surface area contributed by atoms with Crippen molar-refractivity contribution in [2.75, 3.05) is 0 Å². The van der Waals surface area contributed by atoms with Crippen molar-refractivity contribution in [3.63, 3.8) is 0 Å². The highest BCUT2D eigenvalue weighted by Crippen LogP contribution is 2.05. The molecule has 0 saturated carbocycles. The van der Waals surface area contributed by atoms with Crippen LogP contribution >= 0.6 is 0 Å². The summed E-state index contributed by atoms with van der Waals surface area (Å²) in [4.78, 5) is 23.1. The van der Waals surface area contributed by atoms with Crippen molar-refractivity contribution in [1.29, 1.82) is 0 Å². The van der Waals surface area contributed by atoms with Crippen LogP contribution < -0.4 is 10.9 Å². The molecular weight excluding hydrogens is 253 g/mol. The second kappa shape index (κ2) is 5.30. The van der Waals surface area contributed by atoms with Gasteiger partial charge >= 0.3 is 5.91 Å². The molecule has 0 bridgehead atoms. The van der Waals surface area contributed by atoms with Crippen molar-refractivity contribution in [3.05, 3.63) is 53.2 Å². The van der Waals surface area contributed by atoms with Gasteiger partial charge in [-0.05, 0) is 19.1 Å². The van der Waals surface area contributed by atoms with Crippen LogP contribution in [0.15, 0.2) is 34.9 Å². The summed E-state index contributed by atoms with van der Waals surface area (Å²) in [6, 6.07) is 6.83. The lowest BCUT2D eigenvalue weighted by Gasteiger charge is -2.05. The van der Waals surface area contributed by atoms with E-state index in [2.05, 4.69) is 16.0 Å². The van der Waals surface area contributed by atoms with Crippen LogP contribution in [0, 0.1) is 12.7 Å². The SMILES string of the molecule is Cc1cc(C(=O)NNC(=O)c2ccccc2F)on1. The maximum Gasteiger partial charge on any atom is 0.308 e. The van der Waals surface area contributed by atoms with Crippen LogP contribution in [-0.2, 0) is 0 Å².